The summed E-state index contributed by atoms with van der Waals surface area (Å²) in [5.74, 6) is -1.98. The van der Waals surface area contributed by atoms with Crippen LogP contribution in [-0.2, 0) is 0 Å². The number of carboxylic acids is 2. The number of nitrogens with zero attached hydrogens (tertiary/aromatic N) is 2. The molecule has 0 aliphatic rings. The van der Waals surface area contributed by atoms with Crippen molar-refractivity contribution in [2.45, 2.75) is 0 Å². The van der Waals surface area contributed by atoms with Crippen LogP contribution >= 0.6 is 45.8 Å². The minimum Gasteiger partial charge on any atom is -0.478 e. The van der Waals surface area contributed by atoms with Gasteiger partial charge in [-0.05, 0) is 40.8 Å². The largest absolute Gasteiger partial charge is 0.478 e. The van der Waals surface area contributed by atoms with Crippen LogP contribution in [0.1, 0.15) is 20.7 Å². The van der Waals surface area contributed by atoms with Gasteiger partial charge in [0.1, 0.15) is 10.3 Å². The molecule has 2 N–H and O–H groups in total. The Hall–Kier alpha value is -1.45. The SMILES string of the molecule is O=C(O)c1ccc(Cl)nc1.O=C(O)c1cnc(Cl)cc1I. The summed E-state index contributed by atoms with van der Waals surface area (Å²) in [5.41, 5.74) is 0.319. The Balaban J connectivity index is 0.000000211. The van der Waals surface area contributed by atoms with E-state index in [-0.39, 0.29) is 11.1 Å². The standard InChI is InChI=1S/C6H3ClINO2.C6H4ClNO2/c7-5-1-4(8)3(2-9-5)6(10)11;7-5-2-1-4(3-8-5)6(9)10/h1-2H,(H,10,11);1-3H,(H,9,10). The van der Waals surface area contributed by atoms with Gasteiger partial charge in [0.05, 0.1) is 11.1 Å². The van der Waals surface area contributed by atoms with E-state index in [4.69, 9.17) is 33.4 Å². The van der Waals surface area contributed by atoms with Crippen molar-refractivity contribution in [2.24, 2.45) is 0 Å². The van der Waals surface area contributed by atoms with Crippen LogP contribution in [0, 0.1) is 3.57 Å². The van der Waals surface area contributed by atoms with Gasteiger partial charge in [-0.2, -0.15) is 0 Å². The Morgan fingerprint density at radius 2 is 1.62 bits per heavy atom. The zero-order valence-corrected chi connectivity index (χ0v) is 13.8. The minimum atomic E-state index is -0.996. The van der Waals surface area contributed by atoms with Crippen LogP contribution < -0.4 is 0 Å². The molecule has 0 aliphatic carbocycles. The van der Waals surface area contributed by atoms with Crippen molar-refractivity contribution in [3.63, 3.8) is 0 Å². The highest BCUT2D eigenvalue weighted by atomic mass is 127. The maximum atomic E-state index is 10.4. The van der Waals surface area contributed by atoms with Gasteiger partial charge in [-0.3, -0.25) is 0 Å². The van der Waals surface area contributed by atoms with Crippen molar-refractivity contribution in [2.75, 3.05) is 0 Å². The predicted molar refractivity (Wildman–Crippen MR) is 85.1 cm³/mol. The molecule has 0 spiro atoms. The second-order valence-electron chi connectivity index (χ2n) is 3.47. The fourth-order valence-electron chi connectivity index (χ4n) is 1.07. The lowest BCUT2D eigenvalue weighted by atomic mass is 10.3. The number of hydrogen-bond donors (Lipinski definition) is 2. The molecule has 0 aliphatic heterocycles. The summed E-state index contributed by atoms with van der Waals surface area (Å²) in [6.45, 7) is 0. The molecule has 0 aromatic carbocycles. The zero-order chi connectivity index (χ0) is 16.0. The van der Waals surface area contributed by atoms with E-state index in [2.05, 4.69) is 9.97 Å². The van der Waals surface area contributed by atoms with Gasteiger partial charge in [0.2, 0.25) is 0 Å². The number of aromatic carboxylic acids is 2. The number of carboxylic acid groups (broad SMARTS) is 2. The number of halogens is 3. The molecule has 2 aromatic heterocycles. The van der Waals surface area contributed by atoms with Crippen LogP contribution in [-0.4, -0.2) is 32.1 Å². The molecule has 0 atom stereocenters. The summed E-state index contributed by atoms with van der Waals surface area (Å²) in [7, 11) is 0. The van der Waals surface area contributed by atoms with Gasteiger partial charge in [-0.25, -0.2) is 19.6 Å². The Morgan fingerprint density at radius 3 is 2.05 bits per heavy atom. The van der Waals surface area contributed by atoms with Crippen molar-refractivity contribution in [1.82, 2.24) is 9.97 Å². The quantitative estimate of drug-likeness (QED) is 0.547. The third-order valence-corrected chi connectivity index (χ3v) is 3.35. The van der Waals surface area contributed by atoms with Crippen LogP contribution in [0.2, 0.25) is 10.3 Å². The molecule has 2 rings (SSSR count). The van der Waals surface area contributed by atoms with Gasteiger partial charge < -0.3 is 10.2 Å². The van der Waals surface area contributed by atoms with E-state index in [0.717, 1.165) is 0 Å². The number of pyridine rings is 2. The first-order valence-electron chi connectivity index (χ1n) is 5.20. The van der Waals surface area contributed by atoms with Crippen molar-refractivity contribution in [3.05, 3.63) is 55.6 Å². The van der Waals surface area contributed by atoms with Crippen molar-refractivity contribution >= 4 is 57.7 Å². The molecular weight excluding hydrogens is 434 g/mol. The summed E-state index contributed by atoms with van der Waals surface area (Å²) in [5, 5.41) is 17.6. The Bertz CT molecular complexity index is 665. The number of carbonyl (C=O) groups is 2. The number of aromatic nitrogens is 2. The number of rotatable bonds is 2. The molecule has 110 valence electrons. The van der Waals surface area contributed by atoms with Crippen LogP contribution in [0.25, 0.3) is 0 Å². The Kier molecular flexibility index (Phi) is 6.79. The van der Waals surface area contributed by atoms with Crippen LogP contribution in [0.3, 0.4) is 0 Å². The minimum absolute atomic E-state index is 0.143. The van der Waals surface area contributed by atoms with E-state index in [0.29, 0.717) is 13.9 Å². The topological polar surface area (TPSA) is 100 Å². The first-order chi connectivity index (χ1) is 9.81. The van der Waals surface area contributed by atoms with E-state index in [1.165, 1.54) is 30.6 Å². The smallest absolute Gasteiger partial charge is 0.338 e. The monoisotopic (exact) mass is 440 g/mol. The molecule has 0 amide bonds. The van der Waals surface area contributed by atoms with Crippen LogP contribution in [0.15, 0.2) is 30.6 Å². The molecule has 0 saturated carbocycles. The summed E-state index contributed by atoms with van der Waals surface area (Å²) < 4.78 is 0.593. The molecule has 2 heterocycles. The fraction of sp³-hybridized carbons (Fsp3) is 0. The third kappa shape index (κ3) is 5.82. The zero-order valence-electron chi connectivity index (χ0n) is 10.1. The number of hydrogen-bond acceptors (Lipinski definition) is 4. The van der Waals surface area contributed by atoms with Crippen molar-refractivity contribution in [1.29, 1.82) is 0 Å². The lowest BCUT2D eigenvalue weighted by Crippen LogP contribution is -2.00. The first-order valence-corrected chi connectivity index (χ1v) is 7.04. The first kappa shape index (κ1) is 17.6. The Morgan fingerprint density at radius 1 is 1.00 bits per heavy atom. The van der Waals surface area contributed by atoms with Gasteiger partial charge in [-0.15, -0.1) is 0 Å². The lowest BCUT2D eigenvalue weighted by Gasteiger charge is -1.96. The second-order valence-corrected chi connectivity index (χ2v) is 5.40. The van der Waals surface area contributed by atoms with Gasteiger partial charge in [0.25, 0.3) is 0 Å². The average molecular weight is 441 g/mol. The molecule has 0 radical (unpaired) electrons. The molecule has 0 saturated heterocycles. The molecule has 0 unspecified atom stereocenters. The fourth-order valence-corrected chi connectivity index (χ4v) is 2.19. The molecule has 2 aromatic rings. The van der Waals surface area contributed by atoms with Crippen LogP contribution in [0.4, 0.5) is 0 Å². The normalized spacial score (nSPS) is 9.48. The highest BCUT2D eigenvalue weighted by Crippen LogP contribution is 2.14. The lowest BCUT2D eigenvalue weighted by molar-refractivity contribution is 0.0685. The maximum Gasteiger partial charge on any atom is 0.338 e. The molecule has 21 heavy (non-hydrogen) atoms. The highest BCUT2D eigenvalue weighted by Gasteiger charge is 2.08. The van der Waals surface area contributed by atoms with Crippen molar-refractivity contribution < 1.29 is 19.8 Å². The second kappa shape index (κ2) is 8.11. The molecule has 0 bridgehead atoms. The summed E-state index contributed by atoms with van der Waals surface area (Å²) >= 11 is 12.8. The van der Waals surface area contributed by atoms with Gasteiger partial charge in [0, 0.05) is 16.0 Å². The average Bonchev–Trinajstić information content (AvgIpc) is 2.39. The summed E-state index contributed by atoms with van der Waals surface area (Å²) in [6, 6.07) is 4.34. The van der Waals surface area contributed by atoms with E-state index in [1.54, 1.807) is 0 Å². The van der Waals surface area contributed by atoms with E-state index in [1.807, 2.05) is 22.6 Å². The summed E-state index contributed by atoms with van der Waals surface area (Å²) in [6.07, 6.45) is 2.46. The Labute approximate surface area is 142 Å². The summed E-state index contributed by atoms with van der Waals surface area (Å²) in [4.78, 5) is 27.9. The predicted octanol–water partition coefficient (Wildman–Crippen LogP) is 3.47. The highest BCUT2D eigenvalue weighted by molar-refractivity contribution is 14.1. The van der Waals surface area contributed by atoms with E-state index < -0.39 is 11.9 Å². The molecule has 9 heteroatoms. The van der Waals surface area contributed by atoms with Crippen LogP contribution in [0.5, 0.6) is 0 Å². The van der Waals surface area contributed by atoms with Gasteiger partial charge >= 0.3 is 11.9 Å². The van der Waals surface area contributed by atoms with Gasteiger partial charge in [0.15, 0.2) is 0 Å². The maximum absolute atomic E-state index is 10.4. The molecule has 6 nitrogen and oxygen atoms in total. The van der Waals surface area contributed by atoms with Gasteiger partial charge in [-0.1, -0.05) is 23.2 Å². The molecular formula is C12H7Cl2IN2O4. The van der Waals surface area contributed by atoms with E-state index in [9.17, 15) is 9.59 Å². The molecule has 0 fully saturated rings. The van der Waals surface area contributed by atoms with Crippen molar-refractivity contribution in [3.8, 4) is 0 Å². The van der Waals surface area contributed by atoms with E-state index >= 15 is 0 Å². The third-order valence-electron chi connectivity index (χ3n) is 2.02.